The number of likely N-dealkylation sites (N-methyl/N-ethyl adjacent to an activating group) is 2. The van der Waals surface area contributed by atoms with Gasteiger partial charge in [0.25, 0.3) is 5.91 Å². The highest BCUT2D eigenvalue weighted by Gasteiger charge is 2.14. The van der Waals surface area contributed by atoms with Crippen molar-refractivity contribution in [2.24, 2.45) is 0 Å². The van der Waals surface area contributed by atoms with Crippen molar-refractivity contribution in [1.82, 2.24) is 10.2 Å². The van der Waals surface area contributed by atoms with E-state index in [0.717, 1.165) is 11.0 Å². The van der Waals surface area contributed by atoms with E-state index < -0.39 is 0 Å². The van der Waals surface area contributed by atoms with Gasteiger partial charge in [-0.2, -0.15) is 0 Å². The van der Waals surface area contributed by atoms with E-state index in [2.05, 4.69) is 21.2 Å². The number of amides is 1. The van der Waals surface area contributed by atoms with Gasteiger partial charge in [0.2, 0.25) is 0 Å². The number of nitrogens with zero attached hydrogens (tertiary/aromatic N) is 1. The van der Waals surface area contributed by atoms with Crippen LogP contribution >= 0.6 is 27.5 Å². The summed E-state index contributed by atoms with van der Waals surface area (Å²) in [5.41, 5.74) is 0.531. The second kappa shape index (κ2) is 6.23. The Bertz CT molecular complexity index is 384. The monoisotopic (exact) mass is 304 g/mol. The summed E-state index contributed by atoms with van der Waals surface area (Å²) in [6.45, 7) is 1.41. The van der Waals surface area contributed by atoms with E-state index in [1.807, 2.05) is 13.1 Å². The molecule has 0 saturated carbocycles. The maximum atomic E-state index is 12.0. The molecule has 0 heterocycles. The quantitative estimate of drug-likeness (QED) is 0.926. The average Bonchev–Trinajstić information content (AvgIpc) is 2.25. The molecule has 0 aromatic heterocycles. The summed E-state index contributed by atoms with van der Waals surface area (Å²) in [7, 11) is 3.61. The van der Waals surface area contributed by atoms with Crippen LogP contribution in [0.1, 0.15) is 10.4 Å². The van der Waals surface area contributed by atoms with Crippen LogP contribution in [0, 0.1) is 0 Å². The Morgan fingerprint density at radius 1 is 1.56 bits per heavy atom. The molecule has 0 aliphatic carbocycles. The molecular weight excluding hydrogens is 291 g/mol. The van der Waals surface area contributed by atoms with Gasteiger partial charge in [0.05, 0.1) is 10.6 Å². The Morgan fingerprint density at radius 2 is 2.25 bits per heavy atom. The van der Waals surface area contributed by atoms with E-state index in [1.165, 1.54) is 0 Å². The van der Waals surface area contributed by atoms with Gasteiger partial charge in [-0.1, -0.05) is 27.5 Å². The molecule has 1 rings (SSSR count). The molecule has 3 nitrogen and oxygen atoms in total. The third-order valence-electron chi connectivity index (χ3n) is 2.21. The molecule has 0 atom stereocenters. The minimum Gasteiger partial charge on any atom is -0.340 e. The van der Waals surface area contributed by atoms with Gasteiger partial charge in [0.15, 0.2) is 0 Å². The number of carbonyl (C=O) groups excluding carboxylic acids is 1. The number of benzene rings is 1. The lowest BCUT2D eigenvalue weighted by molar-refractivity contribution is 0.0797. The Kier molecular flexibility index (Phi) is 5.25. The largest absolute Gasteiger partial charge is 0.340 e. The summed E-state index contributed by atoms with van der Waals surface area (Å²) in [5, 5.41) is 3.46. The molecule has 0 bridgehead atoms. The molecule has 1 amide bonds. The van der Waals surface area contributed by atoms with E-state index >= 15 is 0 Å². The van der Waals surface area contributed by atoms with E-state index in [4.69, 9.17) is 11.6 Å². The first-order valence-electron chi connectivity index (χ1n) is 4.91. The fourth-order valence-corrected chi connectivity index (χ4v) is 2.00. The van der Waals surface area contributed by atoms with E-state index in [1.54, 1.807) is 24.1 Å². The van der Waals surface area contributed by atoms with Gasteiger partial charge in [0.1, 0.15) is 0 Å². The van der Waals surface area contributed by atoms with Crippen molar-refractivity contribution in [3.05, 3.63) is 33.3 Å². The number of nitrogens with one attached hydrogen (secondary N) is 1. The van der Waals surface area contributed by atoms with Crippen LogP contribution in [-0.2, 0) is 0 Å². The third kappa shape index (κ3) is 3.47. The van der Waals surface area contributed by atoms with Crippen LogP contribution in [0.5, 0.6) is 0 Å². The molecule has 1 aromatic rings. The third-order valence-corrected chi connectivity index (χ3v) is 3.01. The number of rotatable bonds is 4. The van der Waals surface area contributed by atoms with E-state index in [-0.39, 0.29) is 5.91 Å². The minimum atomic E-state index is -0.0623. The minimum absolute atomic E-state index is 0.0623. The molecule has 1 aromatic carbocycles. The van der Waals surface area contributed by atoms with Crippen molar-refractivity contribution < 1.29 is 4.79 Å². The zero-order valence-corrected chi connectivity index (χ0v) is 11.6. The van der Waals surface area contributed by atoms with Crippen molar-refractivity contribution in [2.75, 3.05) is 27.2 Å². The van der Waals surface area contributed by atoms with Gasteiger partial charge < -0.3 is 10.2 Å². The van der Waals surface area contributed by atoms with Crippen LogP contribution in [0.4, 0.5) is 0 Å². The molecule has 16 heavy (non-hydrogen) atoms. The van der Waals surface area contributed by atoms with Crippen LogP contribution in [0.3, 0.4) is 0 Å². The molecule has 5 heteroatoms. The first kappa shape index (κ1) is 13.5. The molecule has 0 aliphatic rings. The second-order valence-electron chi connectivity index (χ2n) is 3.45. The number of hydrogen-bond acceptors (Lipinski definition) is 2. The second-order valence-corrected chi connectivity index (χ2v) is 4.78. The first-order valence-corrected chi connectivity index (χ1v) is 6.08. The van der Waals surface area contributed by atoms with Crippen LogP contribution in [0.2, 0.25) is 5.02 Å². The van der Waals surface area contributed by atoms with E-state index in [9.17, 15) is 4.79 Å². The molecule has 1 N–H and O–H groups in total. The molecule has 0 fully saturated rings. The SMILES string of the molecule is CNCCN(C)C(=O)c1ccc(Br)cc1Cl. The standard InChI is InChI=1S/C11H14BrClN2O/c1-14-5-6-15(2)11(16)9-4-3-8(12)7-10(9)13/h3-4,7,14H,5-6H2,1-2H3. The van der Waals surface area contributed by atoms with Gasteiger partial charge in [-0.05, 0) is 25.2 Å². The summed E-state index contributed by atoms with van der Waals surface area (Å²) >= 11 is 9.31. The van der Waals surface area contributed by atoms with Crippen molar-refractivity contribution >= 4 is 33.4 Å². The molecule has 0 spiro atoms. The number of hydrogen-bond donors (Lipinski definition) is 1. The Labute approximate surface area is 109 Å². The van der Waals surface area contributed by atoms with Crippen molar-refractivity contribution in [3.8, 4) is 0 Å². The first-order chi connectivity index (χ1) is 7.56. The Morgan fingerprint density at radius 3 is 2.81 bits per heavy atom. The molecule has 0 radical (unpaired) electrons. The normalized spacial score (nSPS) is 10.2. The van der Waals surface area contributed by atoms with Crippen LogP contribution in [-0.4, -0.2) is 38.0 Å². The lowest BCUT2D eigenvalue weighted by Gasteiger charge is -2.17. The topological polar surface area (TPSA) is 32.3 Å². The smallest absolute Gasteiger partial charge is 0.255 e. The van der Waals surface area contributed by atoms with Gasteiger partial charge in [-0.3, -0.25) is 4.79 Å². The molecular formula is C11H14BrClN2O. The number of carbonyl (C=O) groups is 1. The van der Waals surface area contributed by atoms with Crippen molar-refractivity contribution in [3.63, 3.8) is 0 Å². The lowest BCUT2D eigenvalue weighted by Crippen LogP contribution is -2.32. The summed E-state index contributed by atoms with van der Waals surface area (Å²) < 4.78 is 0.868. The van der Waals surface area contributed by atoms with E-state index in [0.29, 0.717) is 17.1 Å². The molecule has 88 valence electrons. The predicted octanol–water partition coefficient (Wildman–Crippen LogP) is 2.39. The van der Waals surface area contributed by atoms with Gasteiger partial charge in [0, 0.05) is 24.6 Å². The molecule has 0 unspecified atom stereocenters. The maximum Gasteiger partial charge on any atom is 0.255 e. The number of halogens is 2. The molecule has 0 saturated heterocycles. The maximum absolute atomic E-state index is 12.0. The summed E-state index contributed by atoms with van der Waals surface area (Å²) in [6.07, 6.45) is 0. The van der Waals surface area contributed by atoms with Gasteiger partial charge >= 0.3 is 0 Å². The summed E-state index contributed by atoms with van der Waals surface area (Å²) in [6, 6.07) is 5.26. The molecule has 0 aliphatic heterocycles. The highest BCUT2D eigenvalue weighted by atomic mass is 79.9. The Hall–Kier alpha value is -0.580. The van der Waals surface area contributed by atoms with Crippen LogP contribution in [0.25, 0.3) is 0 Å². The van der Waals surface area contributed by atoms with Crippen LogP contribution < -0.4 is 5.32 Å². The lowest BCUT2D eigenvalue weighted by atomic mass is 10.2. The zero-order chi connectivity index (χ0) is 12.1. The fraction of sp³-hybridized carbons (Fsp3) is 0.364. The van der Waals surface area contributed by atoms with Gasteiger partial charge in [-0.25, -0.2) is 0 Å². The highest BCUT2D eigenvalue weighted by Crippen LogP contribution is 2.22. The van der Waals surface area contributed by atoms with Gasteiger partial charge in [-0.15, -0.1) is 0 Å². The fourth-order valence-electron chi connectivity index (χ4n) is 1.25. The summed E-state index contributed by atoms with van der Waals surface area (Å²) in [5.74, 6) is -0.0623. The van der Waals surface area contributed by atoms with Crippen LogP contribution in [0.15, 0.2) is 22.7 Å². The summed E-state index contributed by atoms with van der Waals surface area (Å²) in [4.78, 5) is 13.6. The predicted molar refractivity (Wildman–Crippen MR) is 70.0 cm³/mol. The average molecular weight is 306 g/mol. The zero-order valence-electron chi connectivity index (χ0n) is 9.26. The Balaban J connectivity index is 2.79. The van der Waals surface area contributed by atoms with Crippen molar-refractivity contribution in [1.29, 1.82) is 0 Å². The van der Waals surface area contributed by atoms with Crippen molar-refractivity contribution in [2.45, 2.75) is 0 Å². The highest BCUT2D eigenvalue weighted by molar-refractivity contribution is 9.10.